The van der Waals surface area contributed by atoms with Crippen LogP contribution in [0.2, 0.25) is 0 Å². The van der Waals surface area contributed by atoms with Gasteiger partial charge in [0.2, 0.25) is 0 Å². The highest BCUT2D eigenvalue weighted by Gasteiger charge is 2.10. The van der Waals surface area contributed by atoms with E-state index in [-0.39, 0.29) is 5.75 Å². The van der Waals surface area contributed by atoms with Crippen LogP contribution in [0.1, 0.15) is 25.0 Å². The minimum Gasteiger partial charge on any atom is -0.507 e. The van der Waals surface area contributed by atoms with E-state index < -0.39 is 0 Å². The zero-order valence-corrected chi connectivity index (χ0v) is 16.3. The maximum atomic E-state index is 10.3. The first-order chi connectivity index (χ1) is 13.2. The Morgan fingerprint density at radius 1 is 1.07 bits per heavy atom. The molecule has 27 heavy (non-hydrogen) atoms. The molecule has 0 saturated carbocycles. The molecule has 0 amide bonds. The van der Waals surface area contributed by atoms with Gasteiger partial charge in [0.25, 0.3) is 0 Å². The van der Waals surface area contributed by atoms with E-state index in [9.17, 15) is 5.11 Å². The minimum atomic E-state index is 0.257. The number of hydrogen-bond acceptors (Lipinski definition) is 5. The number of anilines is 1. The lowest BCUT2D eigenvalue weighted by atomic mass is 10.1. The number of morpholine rings is 1. The largest absolute Gasteiger partial charge is 0.507 e. The Kier molecular flexibility index (Phi) is 6.85. The van der Waals surface area contributed by atoms with Gasteiger partial charge in [0.05, 0.1) is 18.9 Å². The summed E-state index contributed by atoms with van der Waals surface area (Å²) in [5.74, 6) is 0.257. The third kappa shape index (κ3) is 5.31. The number of nitrogens with zero attached hydrogens (tertiary/aromatic N) is 3. The van der Waals surface area contributed by atoms with Crippen molar-refractivity contribution in [2.45, 2.75) is 20.4 Å². The summed E-state index contributed by atoms with van der Waals surface area (Å²) in [7, 11) is 0. The fraction of sp³-hybridized carbons (Fsp3) is 0.409. The molecule has 0 radical (unpaired) electrons. The van der Waals surface area contributed by atoms with Crippen LogP contribution in [0, 0.1) is 0 Å². The van der Waals surface area contributed by atoms with Crippen molar-refractivity contribution in [1.82, 2.24) is 4.90 Å². The van der Waals surface area contributed by atoms with E-state index in [0.717, 1.165) is 62.9 Å². The number of hydrogen-bond donors (Lipinski definition) is 1. The van der Waals surface area contributed by atoms with Crippen molar-refractivity contribution in [3.63, 3.8) is 0 Å². The zero-order valence-electron chi connectivity index (χ0n) is 16.3. The zero-order chi connectivity index (χ0) is 19.1. The van der Waals surface area contributed by atoms with Crippen LogP contribution in [0.5, 0.6) is 5.75 Å². The average Bonchev–Trinajstić information content (AvgIpc) is 2.70. The van der Waals surface area contributed by atoms with Gasteiger partial charge in [-0.15, -0.1) is 0 Å². The van der Waals surface area contributed by atoms with Crippen molar-refractivity contribution in [1.29, 1.82) is 0 Å². The van der Waals surface area contributed by atoms with Crippen molar-refractivity contribution < 1.29 is 9.84 Å². The van der Waals surface area contributed by atoms with Gasteiger partial charge in [0, 0.05) is 56.3 Å². The van der Waals surface area contributed by atoms with E-state index in [1.165, 1.54) is 5.56 Å². The fourth-order valence-electron chi connectivity index (χ4n) is 3.28. The van der Waals surface area contributed by atoms with Gasteiger partial charge in [-0.05, 0) is 43.7 Å². The summed E-state index contributed by atoms with van der Waals surface area (Å²) in [5, 5.41) is 10.3. The number of aromatic hydroxyl groups is 1. The first-order valence-electron chi connectivity index (χ1n) is 9.70. The first kappa shape index (κ1) is 19.4. The Balaban J connectivity index is 1.63. The fourth-order valence-corrected chi connectivity index (χ4v) is 3.28. The highest BCUT2D eigenvalue weighted by molar-refractivity contribution is 5.86. The molecule has 1 aliphatic rings. The number of phenolic OH excluding ortho intramolecular Hbond substituents is 1. The quantitative estimate of drug-likeness (QED) is 0.756. The Hall–Kier alpha value is -2.37. The van der Waals surface area contributed by atoms with Crippen molar-refractivity contribution in [3.8, 4) is 5.75 Å². The van der Waals surface area contributed by atoms with E-state index in [1.807, 2.05) is 24.3 Å². The molecule has 5 nitrogen and oxygen atoms in total. The van der Waals surface area contributed by atoms with Gasteiger partial charge in [0.15, 0.2) is 0 Å². The van der Waals surface area contributed by atoms with Gasteiger partial charge >= 0.3 is 0 Å². The third-order valence-electron chi connectivity index (χ3n) is 4.94. The molecule has 1 fully saturated rings. The second-order valence-electron chi connectivity index (χ2n) is 6.73. The average molecular weight is 367 g/mol. The van der Waals surface area contributed by atoms with Gasteiger partial charge in [-0.3, -0.25) is 9.89 Å². The smallest absolute Gasteiger partial charge is 0.126 e. The summed E-state index contributed by atoms with van der Waals surface area (Å²) in [6, 6.07) is 14.0. The predicted octanol–water partition coefficient (Wildman–Crippen LogP) is 3.82. The Bertz CT molecular complexity index is 749. The van der Waals surface area contributed by atoms with Crippen molar-refractivity contribution >= 4 is 17.6 Å². The number of ether oxygens (including phenoxy) is 1. The van der Waals surface area contributed by atoms with Gasteiger partial charge < -0.3 is 14.7 Å². The summed E-state index contributed by atoms with van der Waals surface area (Å²) < 4.78 is 5.39. The highest BCUT2D eigenvalue weighted by Crippen LogP contribution is 2.24. The molecule has 2 aromatic carbocycles. The first-order valence-corrected chi connectivity index (χ1v) is 9.70. The van der Waals surface area contributed by atoms with Crippen LogP contribution >= 0.6 is 0 Å². The molecule has 0 spiro atoms. The molecule has 5 heteroatoms. The summed E-state index contributed by atoms with van der Waals surface area (Å²) >= 11 is 0. The molecular weight excluding hydrogens is 338 g/mol. The molecule has 1 heterocycles. The molecule has 0 bridgehead atoms. The van der Waals surface area contributed by atoms with Gasteiger partial charge in [-0.2, -0.15) is 0 Å². The molecule has 0 unspecified atom stereocenters. The lowest BCUT2D eigenvalue weighted by Crippen LogP contribution is -2.35. The normalized spacial score (nSPS) is 15.3. The third-order valence-corrected chi connectivity index (χ3v) is 4.94. The molecule has 1 N–H and O–H groups in total. The Labute approximate surface area is 161 Å². The van der Waals surface area contributed by atoms with Crippen LogP contribution in [0.3, 0.4) is 0 Å². The van der Waals surface area contributed by atoms with Crippen LogP contribution in [0.25, 0.3) is 0 Å². The Morgan fingerprint density at radius 2 is 1.78 bits per heavy atom. The second-order valence-corrected chi connectivity index (χ2v) is 6.73. The molecule has 1 saturated heterocycles. The van der Waals surface area contributed by atoms with Gasteiger partial charge in [0.1, 0.15) is 5.75 Å². The summed E-state index contributed by atoms with van der Waals surface area (Å²) in [6.45, 7) is 10.6. The van der Waals surface area contributed by atoms with Crippen molar-refractivity contribution in [2.24, 2.45) is 4.99 Å². The maximum Gasteiger partial charge on any atom is 0.126 e. The number of aliphatic imine (C=N–C) groups is 1. The molecule has 0 aromatic heterocycles. The van der Waals surface area contributed by atoms with Crippen LogP contribution in [-0.4, -0.2) is 55.6 Å². The number of rotatable bonds is 7. The molecule has 1 aliphatic heterocycles. The maximum absolute atomic E-state index is 10.3. The van der Waals surface area contributed by atoms with E-state index in [1.54, 1.807) is 12.3 Å². The van der Waals surface area contributed by atoms with Crippen LogP contribution in [0.4, 0.5) is 11.4 Å². The molecule has 2 aromatic rings. The van der Waals surface area contributed by atoms with Gasteiger partial charge in [-0.25, -0.2) is 0 Å². The van der Waals surface area contributed by atoms with E-state index in [0.29, 0.717) is 0 Å². The molecular formula is C22H29N3O2. The summed E-state index contributed by atoms with van der Waals surface area (Å²) in [6.07, 6.45) is 1.72. The monoisotopic (exact) mass is 367 g/mol. The number of benzene rings is 2. The topological polar surface area (TPSA) is 48.3 Å². The minimum absolute atomic E-state index is 0.257. The van der Waals surface area contributed by atoms with Crippen molar-refractivity contribution in [2.75, 3.05) is 44.3 Å². The van der Waals surface area contributed by atoms with Crippen LogP contribution in [0.15, 0.2) is 47.5 Å². The molecule has 3 rings (SSSR count). The van der Waals surface area contributed by atoms with E-state index >= 15 is 0 Å². The second kappa shape index (κ2) is 9.53. The molecule has 144 valence electrons. The van der Waals surface area contributed by atoms with E-state index in [2.05, 4.69) is 40.8 Å². The van der Waals surface area contributed by atoms with E-state index in [4.69, 9.17) is 4.74 Å². The van der Waals surface area contributed by atoms with Gasteiger partial charge in [-0.1, -0.05) is 12.1 Å². The SMILES string of the molecule is CCN(CC)c1ccc(C=Nc2ccc(CN3CCOCC3)cc2)c(O)c1. The Morgan fingerprint density at radius 3 is 2.41 bits per heavy atom. The van der Waals surface area contributed by atoms with Crippen molar-refractivity contribution in [3.05, 3.63) is 53.6 Å². The summed E-state index contributed by atoms with van der Waals surface area (Å²) in [5.41, 5.74) is 3.92. The highest BCUT2D eigenvalue weighted by atomic mass is 16.5. The lowest BCUT2D eigenvalue weighted by Gasteiger charge is -2.26. The molecule has 0 atom stereocenters. The van der Waals surface area contributed by atoms with Crippen LogP contribution in [-0.2, 0) is 11.3 Å². The van der Waals surface area contributed by atoms with Crippen LogP contribution < -0.4 is 4.90 Å². The number of phenols is 1. The molecule has 0 aliphatic carbocycles. The standard InChI is InChI=1S/C22H29N3O2/c1-3-25(4-2)21-10-7-19(22(26)15-21)16-23-20-8-5-18(6-9-20)17-24-11-13-27-14-12-24/h5-10,15-16,26H,3-4,11-14,17H2,1-2H3. The summed E-state index contributed by atoms with van der Waals surface area (Å²) in [4.78, 5) is 9.11. The lowest BCUT2D eigenvalue weighted by molar-refractivity contribution is 0.0342. The predicted molar refractivity (Wildman–Crippen MR) is 111 cm³/mol.